The van der Waals surface area contributed by atoms with Crippen molar-refractivity contribution in [1.29, 1.82) is 0 Å². The molecule has 3 aromatic carbocycles. The zero-order valence-electron chi connectivity index (χ0n) is 26.3. The van der Waals surface area contributed by atoms with Gasteiger partial charge in [-0.15, -0.1) is 0 Å². The van der Waals surface area contributed by atoms with E-state index < -0.39 is 36.7 Å². The maximum absolute atomic E-state index is 13.1. The fourth-order valence-electron chi connectivity index (χ4n) is 5.06. The van der Waals surface area contributed by atoms with Crippen molar-refractivity contribution < 1.29 is 33.7 Å². The number of ether oxygens (including phenoxy) is 3. The molecule has 2 atom stereocenters. The number of unbranched alkanes of at least 4 members (excludes halogenated alkanes) is 4. The average molecular weight is 606 g/mol. The molecule has 0 aliphatic carbocycles. The Bertz CT molecular complexity index is 1360. The van der Waals surface area contributed by atoms with Crippen LogP contribution in [0.15, 0.2) is 60.7 Å². The van der Waals surface area contributed by atoms with Gasteiger partial charge in [-0.1, -0.05) is 73.5 Å². The molecule has 0 saturated carbocycles. The summed E-state index contributed by atoms with van der Waals surface area (Å²) < 4.78 is 16.0. The number of fused-ring (bicyclic) bond motifs is 1. The maximum Gasteiger partial charge on any atom is 0.336 e. The number of carboxylic acid groups (broad SMARTS) is 1. The topological polar surface area (TPSA) is 111 Å². The van der Waals surface area contributed by atoms with Crippen molar-refractivity contribution in [1.82, 2.24) is 5.32 Å². The molecule has 0 heterocycles. The number of benzene rings is 3. The third kappa shape index (κ3) is 11.7. The van der Waals surface area contributed by atoms with Gasteiger partial charge in [0.1, 0.15) is 6.61 Å². The minimum Gasteiger partial charge on any atom is -0.479 e. The largest absolute Gasteiger partial charge is 0.479 e. The quantitative estimate of drug-likeness (QED) is 0.118. The van der Waals surface area contributed by atoms with Gasteiger partial charge in [-0.3, -0.25) is 4.79 Å². The maximum atomic E-state index is 13.1. The molecule has 3 rings (SSSR count). The summed E-state index contributed by atoms with van der Waals surface area (Å²) in [5.41, 5.74) is 5.10. The van der Waals surface area contributed by atoms with E-state index in [1.165, 1.54) is 33.0 Å². The van der Waals surface area contributed by atoms with Gasteiger partial charge in [0.15, 0.2) is 12.2 Å². The van der Waals surface area contributed by atoms with E-state index in [1.807, 2.05) is 12.1 Å². The third-order valence-corrected chi connectivity index (χ3v) is 7.70. The number of hydrogen-bond donors (Lipinski definition) is 2. The van der Waals surface area contributed by atoms with E-state index in [4.69, 9.17) is 14.2 Å². The SMILES string of the molecule is CCOC(=O)COC(C(=O)O)C(OCCCCCc1ccc(C)c(C)c1)C(=O)NCCCCCc1ccc2ccccc2c1. The number of nitrogens with one attached hydrogen (secondary N) is 1. The van der Waals surface area contributed by atoms with Crippen LogP contribution in [0.1, 0.15) is 67.7 Å². The summed E-state index contributed by atoms with van der Waals surface area (Å²) in [5.74, 6) is -2.64. The van der Waals surface area contributed by atoms with Gasteiger partial charge in [-0.05, 0) is 92.3 Å². The zero-order chi connectivity index (χ0) is 31.7. The Morgan fingerprint density at radius 2 is 1.43 bits per heavy atom. The molecule has 0 aromatic heterocycles. The van der Waals surface area contributed by atoms with Crippen LogP contribution in [0, 0.1) is 13.8 Å². The highest BCUT2D eigenvalue weighted by Crippen LogP contribution is 2.18. The Morgan fingerprint density at radius 3 is 2.14 bits per heavy atom. The Labute approximate surface area is 261 Å². The number of rotatable bonds is 20. The average Bonchev–Trinajstić information content (AvgIpc) is 3.01. The number of aliphatic carboxylic acids is 1. The number of carbonyl (C=O) groups is 3. The minimum absolute atomic E-state index is 0.142. The molecule has 2 unspecified atom stereocenters. The lowest BCUT2D eigenvalue weighted by Gasteiger charge is -2.23. The molecule has 0 fully saturated rings. The first-order chi connectivity index (χ1) is 21.3. The molecule has 238 valence electrons. The van der Waals surface area contributed by atoms with E-state index in [-0.39, 0.29) is 13.2 Å². The molecule has 0 bridgehead atoms. The summed E-state index contributed by atoms with van der Waals surface area (Å²) in [6.45, 7) is 5.99. The van der Waals surface area contributed by atoms with Gasteiger partial charge in [0, 0.05) is 13.2 Å². The van der Waals surface area contributed by atoms with Crippen LogP contribution < -0.4 is 5.32 Å². The van der Waals surface area contributed by atoms with Crippen molar-refractivity contribution in [3.63, 3.8) is 0 Å². The predicted molar refractivity (Wildman–Crippen MR) is 172 cm³/mol. The predicted octanol–water partition coefficient (Wildman–Crippen LogP) is 6.12. The van der Waals surface area contributed by atoms with Crippen LogP contribution in [-0.2, 0) is 41.4 Å². The second-order valence-electron chi connectivity index (χ2n) is 11.2. The van der Waals surface area contributed by atoms with Crippen LogP contribution in [0.5, 0.6) is 0 Å². The van der Waals surface area contributed by atoms with Gasteiger partial charge in [0.25, 0.3) is 5.91 Å². The normalized spacial score (nSPS) is 12.5. The minimum atomic E-state index is -1.64. The van der Waals surface area contributed by atoms with Gasteiger partial charge in [0.05, 0.1) is 6.61 Å². The number of amides is 1. The molecule has 0 saturated heterocycles. The van der Waals surface area contributed by atoms with Crippen molar-refractivity contribution in [3.05, 3.63) is 82.9 Å². The first kappa shape index (κ1) is 34.7. The fourth-order valence-corrected chi connectivity index (χ4v) is 5.06. The number of esters is 1. The van der Waals surface area contributed by atoms with Gasteiger partial charge in [0.2, 0.25) is 0 Å². The van der Waals surface area contributed by atoms with Crippen LogP contribution in [-0.4, -0.2) is 61.5 Å². The molecule has 3 aromatic rings. The molecule has 0 aliphatic rings. The second-order valence-corrected chi connectivity index (χ2v) is 11.2. The van der Waals surface area contributed by atoms with Crippen LogP contribution in [0.3, 0.4) is 0 Å². The van der Waals surface area contributed by atoms with Crippen molar-refractivity contribution in [2.45, 2.75) is 84.3 Å². The van der Waals surface area contributed by atoms with E-state index >= 15 is 0 Å². The van der Waals surface area contributed by atoms with Crippen LogP contribution in [0.4, 0.5) is 0 Å². The first-order valence-electron chi connectivity index (χ1n) is 15.7. The summed E-state index contributed by atoms with van der Waals surface area (Å²) in [6, 6.07) is 21.3. The van der Waals surface area contributed by atoms with Gasteiger partial charge < -0.3 is 24.6 Å². The molecule has 8 heteroatoms. The molecule has 0 aliphatic heterocycles. The molecule has 2 N–H and O–H groups in total. The van der Waals surface area contributed by atoms with Crippen LogP contribution >= 0.6 is 0 Å². The number of carboxylic acids is 1. The Morgan fingerprint density at radius 1 is 0.750 bits per heavy atom. The highest BCUT2D eigenvalue weighted by atomic mass is 16.6. The van der Waals surface area contributed by atoms with Gasteiger partial charge in [-0.25, -0.2) is 9.59 Å². The van der Waals surface area contributed by atoms with E-state index in [2.05, 4.69) is 67.7 Å². The standard InChI is InChI=1S/C36H47NO7/c1-4-42-32(38)25-44-34(36(40)41)33(43-22-12-6-8-13-28-18-17-26(2)27(3)23-28)35(39)37-21-11-5-7-14-29-19-20-30-15-9-10-16-31(30)24-29/h9-10,15-20,23-24,33-34H,4-8,11-14,21-22,25H2,1-3H3,(H,37,39)(H,40,41). The first-order valence-corrected chi connectivity index (χ1v) is 15.7. The molecule has 0 radical (unpaired) electrons. The van der Waals surface area contributed by atoms with Crippen LogP contribution in [0.25, 0.3) is 10.8 Å². The van der Waals surface area contributed by atoms with Crippen LogP contribution in [0.2, 0.25) is 0 Å². The monoisotopic (exact) mass is 605 g/mol. The van der Waals surface area contributed by atoms with E-state index in [9.17, 15) is 19.5 Å². The van der Waals surface area contributed by atoms with Gasteiger partial charge in [-0.2, -0.15) is 0 Å². The molecule has 44 heavy (non-hydrogen) atoms. The van der Waals surface area contributed by atoms with E-state index in [0.29, 0.717) is 13.0 Å². The molecule has 8 nitrogen and oxygen atoms in total. The highest BCUT2D eigenvalue weighted by molar-refractivity contribution is 5.88. The lowest BCUT2D eigenvalue weighted by atomic mass is 10.0. The van der Waals surface area contributed by atoms with Crippen molar-refractivity contribution in [2.24, 2.45) is 0 Å². The highest BCUT2D eigenvalue weighted by Gasteiger charge is 2.36. The summed E-state index contributed by atoms with van der Waals surface area (Å²) in [4.78, 5) is 37.0. The summed E-state index contributed by atoms with van der Waals surface area (Å²) >= 11 is 0. The van der Waals surface area contributed by atoms with Crippen molar-refractivity contribution >= 4 is 28.6 Å². The van der Waals surface area contributed by atoms with Crippen molar-refractivity contribution in [3.8, 4) is 0 Å². The molecular formula is C36H47NO7. The second kappa shape index (κ2) is 18.8. The van der Waals surface area contributed by atoms with E-state index in [1.54, 1.807) is 6.92 Å². The number of carbonyl (C=O) groups excluding carboxylic acids is 2. The van der Waals surface area contributed by atoms with Gasteiger partial charge >= 0.3 is 11.9 Å². The van der Waals surface area contributed by atoms with Crippen molar-refractivity contribution in [2.75, 3.05) is 26.4 Å². The Kier molecular flexibility index (Phi) is 14.9. The Balaban J connectivity index is 1.46. The molecule has 0 spiro atoms. The number of hydrogen-bond acceptors (Lipinski definition) is 6. The smallest absolute Gasteiger partial charge is 0.336 e. The zero-order valence-corrected chi connectivity index (χ0v) is 26.3. The fraction of sp³-hybridized carbons (Fsp3) is 0.472. The summed E-state index contributed by atoms with van der Waals surface area (Å²) in [6.07, 6.45) is 3.94. The van der Waals surface area contributed by atoms with E-state index in [0.717, 1.165) is 44.9 Å². The number of aryl methyl sites for hydroxylation is 4. The molecule has 1 amide bonds. The lowest BCUT2D eigenvalue weighted by molar-refractivity contribution is -0.174. The summed E-state index contributed by atoms with van der Waals surface area (Å²) in [7, 11) is 0. The molecular weight excluding hydrogens is 558 g/mol. The Hall–Kier alpha value is -3.75. The third-order valence-electron chi connectivity index (χ3n) is 7.70. The lowest BCUT2D eigenvalue weighted by Crippen LogP contribution is -2.49. The summed E-state index contributed by atoms with van der Waals surface area (Å²) in [5, 5.41) is 15.1.